The number of benzene rings is 1. The van der Waals surface area contributed by atoms with Gasteiger partial charge in [-0.15, -0.1) is 0 Å². The van der Waals surface area contributed by atoms with Gasteiger partial charge >= 0.3 is 0 Å². The molecule has 3 aromatic rings. The van der Waals surface area contributed by atoms with Gasteiger partial charge in [0.25, 0.3) is 11.5 Å². The van der Waals surface area contributed by atoms with Crippen LogP contribution in [0.2, 0.25) is 0 Å². The van der Waals surface area contributed by atoms with E-state index in [9.17, 15) is 14.0 Å². The summed E-state index contributed by atoms with van der Waals surface area (Å²) < 4.78 is 22.1. The van der Waals surface area contributed by atoms with Crippen LogP contribution in [0.1, 0.15) is 24.0 Å². The SMILES string of the molecule is Cc1ccc2nc(N3CCN(c4ccccc4F)CC3)c(/C=C3\SC(=S)N(CC4CCCO4)C3=O)c(=O)n2c1. The quantitative estimate of drug-likeness (QED) is 0.342. The molecule has 1 amide bonds. The van der Waals surface area contributed by atoms with E-state index in [-0.39, 0.29) is 23.4 Å². The van der Waals surface area contributed by atoms with Gasteiger partial charge in [-0.25, -0.2) is 9.37 Å². The predicted molar refractivity (Wildman–Crippen MR) is 156 cm³/mol. The maximum absolute atomic E-state index is 14.4. The molecule has 5 heterocycles. The summed E-state index contributed by atoms with van der Waals surface area (Å²) in [5, 5.41) is 0. The van der Waals surface area contributed by atoms with E-state index in [1.807, 2.05) is 34.9 Å². The predicted octanol–water partition coefficient (Wildman–Crippen LogP) is 3.85. The molecule has 0 aliphatic carbocycles. The van der Waals surface area contributed by atoms with Crippen molar-refractivity contribution in [3.8, 4) is 0 Å². The van der Waals surface area contributed by atoms with E-state index in [1.165, 1.54) is 22.2 Å². The molecule has 11 heteroatoms. The molecule has 3 aliphatic rings. The molecule has 0 radical (unpaired) electrons. The van der Waals surface area contributed by atoms with E-state index in [4.69, 9.17) is 21.9 Å². The third-order valence-electron chi connectivity index (χ3n) is 7.32. The number of fused-ring (bicyclic) bond motifs is 1. The molecule has 202 valence electrons. The maximum atomic E-state index is 14.4. The van der Waals surface area contributed by atoms with Gasteiger partial charge in [0.2, 0.25) is 0 Å². The lowest BCUT2D eigenvalue weighted by Crippen LogP contribution is -2.47. The third-order valence-corrected chi connectivity index (χ3v) is 8.69. The number of hydrogen-bond acceptors (Lipinski definition) is 8. The number of piperazine rings is 1. The van der Waals surface area contributed by atoms with E-state index in [2.05, 4.69) is 0 Å². The summed E-state index contributed by atoms with van der Waals surface area (Å²) >= 11 is 6.73. The highest BCUT2D eigenvalue weighted by molar-refractivity contribution is 8.26. The van der Waals surface area contributed by atoms with Gasteiger partial charge < -0.3 is 14.5 Å². The molecule has 0 saturated carbocycles. The van der Waals surface area contributed by atoms with Gasteiger partial charge in [0.1, 0.15) is 21.6 Å². The fraction of sp³-hybridized carbons (Fsp3) is 0.357. The van der Waals surface area contributed by atoms with Crippen LogP contribution in [0.3, 0.4) is 0 Å². The van der Waals surface area contributed by atoms with Crippen molar-refractivity contribution in [2.45, 2.75) is 25.9 Å². The zero-order valence-electron chi connectivity index (χ0n) is 21.5. The number of ether oxygens (including phenoxy) is 1. The Hall–Kier alpha value is -3.28. The van der Waals surface area contributed by atoms with Crippen LogP contribution >= 0.6 is 24.0 Å². The van der Waals surface area contributed by atoms with Crippen molar-refractivity contribution in [1.29, 1.82) is 0 Å². The smallest absolute Gasteiger partial charge is 0.267 e. The van der Waals surface area contributed by atoms with Crippen LogP contribution in [0.5, 0.6) is 0 Å². The van der Waals surface area contributed by atoms with Gasteiger partial charge in [0.15, 0.2) is 0 Å². The van der Waals surface area contributed by atoms with Crippen LogP contribution in [-0.4, -0.2) is 69.9 Å². The monoisotopic (exact) mass is 565 g/mol. The number of para-hydroxylation sites is 1. The molecule has 0 N–H and O–H groups in total. The van der Waals surface area contributed by atoms with Crippen molar-refractivity contribution in [1.82, 2.24) is 14.3 Å². The van der Waals surface area contributed by atoms with Crippen LogP contribution in [-0.2, 0) is 9.53 Å². The van der Waals surface area contributed by atoms with E-state index >= 15 is 0 Å². The number of amides is 1. The number of thioether (sulfide) groups is 1. The highest BCUT2D eigenvalue weighted by Crippen LogP contribution is 2.34. The summed E-state index contributed by atoms with van der Waals surface area (Å²) in [5.41, 5.74) is 2.11. The van der Waals surface area contributed by atoms with Gasteiger partial charge in [-0.2, -0.15) is 0 Å². The Morgan fingerprint density at radius 3 is 2.64 bits per heavy atom. The summed E-state index contributed by atoms with van der Waals surface area (Å²) in [5.74, 6) is 0.0418. The minimum atomic E-state index is -0.255. The van der Waals surface area contributed by atoms with Crippen LogP contribution in [0.25, 0.3) is 11.7 Å². The lowest BCUT2D eigenvalue weighted by atomic mass is 10.2. The molecule has 3 saturated heterocycles. The second kappa shape index (κ2) is 10.7. The Balaban J connectivity index is 1.34. The first-order valence-corrected chi connectivity index (χ1v) is 14.3. The second-order valence-electron chi connectivity index (χ2n) is 9.94. The normalized spacial score (nSPS) is 21.1. The first kappa shape index (κ1) is 26.0. The number of aromatic nitrogens is 2. The molecule has 3 fully saturated rings. The summed E-state index contributed by atoms with van der Waals surface area (Å²) in [6.45, 7) is 5.26. The zero-order valence-corrected chi connectivity index (χ0v) is 23.1. The number of thiocarbonyl (C=S) groups is 1. The number of nitrogens with zero attached hydrogens (tertiary/aromatic N) is 5. The van der Waals surface area contributed by atoms with Gasteiger partial charge in [-0.05, 0) is 49.6 Å². The fourth-order valence-corrected chi connectivity index (χ4v) is 6.52. The molecule has 0 bridgehead atoms. The zero-order chi connectivity index (χ0) is 27.1. The van der Waals surface area contributed by atoms with Crippen molar-refractivity contribution >= 4 is 57.4 Å². The number of carbonyl (C=O) groups excluding carboxylic acids is 1. The lowest BCUT2D eigenvalue weighted by molar-refractivity contribution is -0.123. The Bertz CT molecular complexity index is 1540. The Morgan fingerprint density at radius 2 is 1.90 bits per heavy atom. The topological polar surface area (TPSA) is 70.4 Å². The molecule has 3 aliphatic heterocycles. The number of carbonyl (C=O) groups is 1. The van der Waals surface area contributed by atoms with Crippen LogP contribution in [0, 0.1) is 12.7 Å². The Kier molecular flexibility index (Phi) is 7.13. The van der Waals surface area contributed by atoms with Gasteiger partial charge in [0, 0.05) is 39.0 Å². The number of anilines is 2. The van der Waals surface area contributed by atoms with Gasteiger partial charge in [0.05, 0.1) is 28.8 Å². The minimum absolute atomic E-state index is 0.0240. The summed E-state index contributed by atoms with van der Waals surface area (Å²) in [6, 6.07) is 10.5. The average molecular weight is 566 g/mol. The fourth-order valence-electron chi connectivity index (χ4n) is 5.26. The number of rotatable bonds is 5. The number of aryl methyl sites for hydroxylation is 1. The largest absolute Gasteiger partial charge is 0.376 e. The van der Waals surface area contributed by atoms with E-state index in [0.717, 1.165) is 18.4 Å². The molecule has 2 aromatic heterocycles. The van der Waals surface area contributed by atoms with E-state index in [1.54, 1.807) is 29.3 Å². The van der Waals surface area contributed by atoms with E-state index < -0.39 is 0 Å². The first-order valence-electron chi connectivity index (χ1n) is 13.0. The molecular formula is C28H28FN5O3S2. The Morgan fingerprint density at radius 1 is 1.13 bits per heavy atom. The minimum Gasteiger partial charge on any atom is -0.376 e. The highest BCUT2D eigenvalue weighted by atomic mass is 32.2. The summed E-state index contributed by atoms with van der Waals surface area (Å²) in [4.78, 5) is 38.1. The number of hydrogen-bond donors (Lipinski definition) is 0. The van der Waals surface area contributed by atoms with Crippen LogP contribution in [0.15, 0.2) is 52.3 Å². The van der Waals surface area contributed by atoms with Gasteiger partial charge in [-0.3, -0.25) is 18.9 Å². The van der Waals surface area contributed by atoms with Crippen molar-refractivity contribution < 1.29 is 13.9 Å². The van der Waals surface area contributed by atoms with Crippen LogP contribution < -0.4 is 15.4 Å². The first-order chi connectivity index (χ1) is 18.9. The summed E-state index contributed by atoms with van der Waals surface area (Å²) in [7, 11) is 0. The second-order valence-corrected chi connectivity index (χ2v) is 11.6. The van der Waals surface area contributed by atoms with Crippen molar-refractivity contribution in [2.75, 3.05) is 49.1 Å². The van der Waals surface area contributed by atoms with E-state index in [0.29, 0.717) is 71.3 Å². The summed E-state index contributed by atoms with van der Waals surface area (Å²) in [6.07, 6.45) is 5.24. The van der Waals surface area contributed by atoms with Crippen molar-refractivity contribution in [2.24, 2.45) is 0 Å². The third kappa shape index (κ3) is 5.06. The molecule has 39 heavy (non-hydrogen) atoms. The van der Waals surface area contributed by atoms with Gasteiger partial charge in [-0.1, -0.05) is 42.2 Å². The van der Waals surface area contributed by atoms with Crippen LogP contribution in [0.4, 0.5) is 15.9 Å². The Labute approximate surface area is 235 Å². The highest BCUT2D eigenvalue weighted by Gasteiger charge is 2.35. The van der Waals surface area contributed by atoms with Crippen molar-refractivity contribution in [3.05, 3.63) is 74.8 Å². The standard InChI is InChI=1S/C28H28FN5O3S2/c1-18-8-9-24-30-25(32-12-10-31(11-13-32)22-7-3-2-6-21(22)29)20(26(35)33(24)16-18)15-23-27(36)34(28(38)39-23)17-19-5-4-14-37-19/h2-3,6-9,15-16,19H,4-5,10-14,17H2,1H3/b23-15-. The molecule has 0 spiro atoms. The van der Waals surface area contributed by atoms with Crippen molar-refractivity contribution in [3.63, 3.8) is 0 Å². The molecule has 8 nitrogen and oxygen atoms in total. The lowest BCUT2D eigenvalue weighted by Gasteiger charge is -2.37. The number of pyridine rings is 1. The maximum Gasteiger partial charge on any atom is 0.267 e. The molecular weight excluding hydrogens is 537 g/mol. The molecule has 1 aromatic carbocycles. The molecule has 1 unspecified atom stereocenters. The molecule has 6 rings (SSSR count). The molecule has 1 atom stereocenters. The number of halogens is 1. The average Bonchev–Trinajstić information content (AvgIpc) is 3.55.